The summed E-state index contributed by atoms with van der Waals surface area (Å²) in [6, 6.07) is 0.643. The lowest BCUT2D eigenvalue weighted by atomic mass is 10.0. The van der Waals surface area contributed by atoms with E-state index < -0.39 is 0 Å². The van der Waals surface area contributed by atoms with Gasteiger partial charge in [-0.2, -0.15) is 4.37 Å². The van der Waals surface area contributed by atoms with Gasteiger partial charge in [-0.3, -0.25) is 4.79 Å². The maximum Gasteiger partial charge on any atom is 0.258 e. The first-order valence-electron chi connectivity index (χ1n) is 7.80. The molecule has 1 fully saturated rings. The number of hydrogen-bond acceptors (Lipinski definition) is 5. The minimum atomic E-state index is -0.0966. The van der Waals surface area contributed by atoms with Crippen molar-refractivity contribution in [2.75, 3.05) is 11.1 Å². The number of hydrogen-bond donors (Lipinski definition) is 3. The fourth-order valence-electron chi connectivity index (χ4n) is 2.23. The minimum Gasteiger partial charge on any atom is -0.382 e. The van der Waals surface area contributed by atoms with Crippen LogP contribution in [-0.2, 0) is 0 Å². The number of carbonyl (C=O) groups excluding carboxylic acids is 1. The molecule has 1 aromatic heterocycles. The summed E-state index contributed by atoms with van der Waals surface area (Å²) in [5.74, 6) is 0.965. The van der Waals surface area contributed by atoms with E-state index in [2.05, 4.69) is 35.8 Å². The molecule has 1 aliphatic rings. The zero-order valence-corrected chi connectivity index (χ0v) is 13.9. The number of nitrogens with two attached hydrogens (primary N) is 1. The molecule has 0 radical (unpaired) electrons. The third kappa shape index (κ3) is 4.88. The maximum atomic E-state index is 12.2. The number of aromatic nitrogens is 1. The van der Waals surface area contributed by atoms with Crippen molar-refractivity contribution in [1.29, 1.82) is 0 Å². The largest absolute Gasteiger partial charge is 0.382 e. The van der Waals surface area contributed by atoms with Gasteiger partial charge in [0.25, 0.3) is 5.91 Å². The van der Waals surface area contributed by atoms with E-state index in [-0.39, 0.29) is 5.91 Å². The molecule has 5 nitrogen and oxygen atoms in total. The van der Waals surface area contributed by atoms with Crippen LogP contribution in [0.15, 0.2) is 0 Å². The number of anilines is 2. The number of nitrogens with one attached hydrogen (secondary N) is 2. The van der Waals surface area contributed by atoms with Crippen molar-refractivity contribution < 1.29 is 4.79 Å². The van der Waals surface area contributed by atoms with Crippen LogP contribution in [0.2, 0.25) is 0 Å². The van der Waals surface area contributed by atoms with Crippen molar-refractivity contribution in [2.45, 2.75) is 65.0 Å². The second-order valence-corrected chi connectivity index (χ2v) is 7.16. The molecule has 1 amide bonds. The maximum absolute atomic E-state index is 12.2. The van der Waals surface area contributed by atoms with Crippen LogP contribution in [0.25, 0.3) is 0 Å². The summed E-state index contributed by atoms with van der Waals surface area (Å²) in [5, 5.41) is 7.17. The molecule has 4 N–H and O–H groups in total. The minimum absolute atomic E-state index is 0.0966. The Bertz CT molecular complexity index is 482. The van der Waals surface area contributed by atoms with Gasteiger partial charge in [-0.1, -0.05) is 26.7 Å². The molecule has 1 heterocycles. The van der Waals surface area contributed by atoms with E-state index in [4.69, 9.17) is 5.73 Å². The molecule has 0 aliphatic heterocycles. The molecule has 0 spiro atoms. The van der Waals surface area contributed by atoms with E-state index >= 15 is 0 Å². The molecule has 0 bridgehead atoms. The molecule has 1 aromatic rings. The molecule has 21 heavy (non-hydrogen) atoms. The normalized spacial score (nSPS) is 16.0. The third-order valence-corrected chi connectivity index (χ3v) is 4.45. The van der Waals surface area contributed by atoms with E-state index in [1.807, 2.05) is 0 Å². The van der Waals surface area contributed by atoms with E-state index in [1.165, 1.54) is 24.4 Å². The van der Waals surface area contributed by atoms with Crippen molar-refractivity contribution in [1.82, 2.24) is 9.69 Å². The lowest BCUT2D eigenvalue weighted by Gasteiger charge is -2.15. The Morgan fingerprint density at radius 2 is 2.10 bits per heavy atom. The Labute approximate surface area is 130 Å². The summed E-state index contributed by atoms with van der Waals surface area (Å²) in [5.41, 5.74) is 6.37. The van der Waals surface area contributed by atoms with E-state index in [9.17, 15) is 4.79 Å². The second-order valence-electron chi connectivity index (χ2n) is 6.39. The van der Waals surface area contributed by atoms with Crippen LogP contribution in [0.3, 0.4) is 0 Å². The van der Waals surface area contributed by atoms with Crippen LogP contribution in [0, 0.1) is 5.92 Å². The Hall–Kier alpha value is -1.30. The number of rotatable bonds is 8. The SMILES string of the molecule is CC(C)CCCC(C)Nc1snc(N)c1C(=O)NC1CC1. The molecule has 2 rings (SSSR count). The lowest BCUT2D eigenvalue weighted by Crippen LogP contribution is -2.27. The fraction of sp³-hybridized carbons (Fsp3) is 0.733. The first kappa shape index (κ1) is 16.1. The zero-order chi connectivity index (χ0) is 15.4. The Balaban J connectivity index is 1.91. The van der Waals surface area contributed by atoms with Gasteiger partial charge in [0, 0.05) is 12.1 Å². The van der Waals surface area contributed by atoms with Crippen molar-refractivity contribution >= 4 is 28.3 Å². The van der Waals surface area contributed by atoms with E-state index in [1.54, 1.807) is 0 Å². The summed E-state index contributed by atoms with van der Waals surface area (Å²) >= 11 is 1.27. The van der Waals surface area contributed by atoms with Gasteiger partial charge in [-0.15, -0.1) is 0 Å². The van der Waals surface area contributed by atoms with Crippen molar-refractivity contribution in [2.24, 2.45) is 5.92 Å². The molecule has 1 unspecified atom stereocenters. The smallest absolute Gasteiger partial charge is 0.258 e. The summed E-state index contributed by atoms with van der Waals surface area (Å²) in [4.78, 5) is 12.2. The average molecular weight is 310 g/mol. The zero-order valence-electron chi connectivity index (χ0n) is 13.1. The number of nitrogens with zero attached hydrogens (tertiary/aromatic N) is 1. The highest BCUT2D eigenvalue weighted by atomic mass is 32.1. The molecule has 1 saturated carbocycles. The van der Waals surface area contributed by atoms with Crippen molar-refractivity contribution in [3.8, 4) is 0 Å². The van der Waals surface area contributed by atoms with E-state index in [0.29, 0.717) is 23.5 Å². The molecule has 118 valence electrons. The van der Waals surface area contributed by atoms with Gasteiger partial charge in [0.1, 0.15) is 10.6 Å². The van der Waals surface area contributed by atoms with Crippen LogP contribution in [0.5, 0.6) is 0 Å². The number of nitrogen functional groups attached to an aromatic ring is 1. The van der Waals surface area contributed by atoms with Crippen LogP contribution < -0.4 is 16.4 Å². The third-order valence-electron chi connectivity index (χ3n) is 3.65. The Kier molecular flexibility index (Phi) is 5.45. The molecule has 6 heteroatoms. The average Bonchev–Trinajstić information content (AvgIpc) is 3.12. The summed E-state index contributed by atoms with van der Waals surface area (Å²) < 4.78 is 4.12. The van der Waals surface area contributed by atoms with Gasteiger partial charge in [-0.05, 0) is 43.6 Å². The quantitative estimate of drug-likeness (QED) is 0.688. The lowest BCUT2D eigenvalue weighted by molar-refractivity contribution is 0.0953. The topological polar surface area (TPSA) is 80.0 Å². The standard InChI is InChI=1S/C15H26N4OS/c1-9(2)5-4-6-10(3)17-15-12(13(16)19-21-15)14(20)18-11-7-8-11/h9-11,17H,4-8H2,1-3H3,(H2,16,19)(H,18,20). The first-order valence-corrected chi connectivity index (χ1v) is 8.57. The van der Waals surface area contributed by atoms with Gasteiger partial charge >= 0.3 is 0 Å². The van der Waals surface area contributed by atoms with Crippen LogP contribution in [0.1, 0.15) is 63.2 Å². The van der Waals surface area contributed by atoms with Crippen molar-refractivity contribution in [3.05, 3.63) is 5.56 Å². The Morgan fingerprint density at radius 1 is 1.38 bits per heavy atom. The second kappa shape index (κ2) is 7.11. The molecule has 0 aromatic carbocycles. The highest BCUT2D eigenvalue weighted by molar-refractivity contribution is 7.11. The van der Waals surface area contributed by atoms with Gasteiger partial charge in [0.2, 0.25) is 0 Å². The summed E-state index contributed by atoms with van der Waals surface area (Å²) in [7, 11) is 0. The summed E-state index contributed by atoms with van der Waals surface area (Å²) in [6.45, 7) is 6.61. The van der Waals surface area contributed by atoms with Gasteiger partial charge < -0.3 is 16.4 Å². The first-order chi connectivity index (χ1) is 9.97. The van der Waals surface area contributed by atoms with E-state index in [0.717, 1.165) is 30.2 Å². The van der Waals surface area contributed by atoms with Gasteiger partial charge in [0.15, 0.2) is 5.82 Å². The van der Waals surface area contributed by atoms with Crippen molar-refractivity contribution in [3.63, 3.8) is 0 Å². The van der Waals surface area contributed by atoms with Crippen LogP contribution in [0.4, 0.5) is 10.8 Å². The highest BCUT2D eigenvalue weighted by Gasteiger charge is 2.27. The monoisotopic (exact) mass is 310 g/mol. The number of carbonyl (C=O) groups is 1. The fourth-order valence-corrected chi connectivity index (χ4v) is 3.06. The molecular weight excluding hydrogens is 284 g/mol. The predicted molar refractivity (Wildman–Crippen MR) is 88.8 cm³/mol. The predicted octanol–water partition coefficient (Wildman–Crippen LogP) is 3.24. The van der Waals surface area contributed by atoms with Gasteiger partial charge in [0.05, 0.1) is 0 Å². The Morgan fingerprint density at radius 3 is 2.71 bits per heavy atom. The number of amides is 1. The van der Waals surface area contributed by atoms with Crippen LogP contribution >= 0.6 is 11.5 Å². The summed E-state index contributed by atoms with van der Waals surface area (Å²) in [6.07, 6.45) is 5.63. The molecular formula is C15H26N4OS. The molecule has 1 atom stereocenters. The highest BCUT2D eigenvalue weighted by Crippen LogP contribution is 2.29. The van der Waals surface area contributed by atoms with Gasteiger partial charge in [-0.25, -0.2) is 0 Å². The van der Waals surface area contributed by atoms with Crippen LogP contribution in [-0.4, -0.2) is 22.4 Å². The molecule has 1 aliphatic carbocycles. The molecule has 0 saturated heterocycles.